The highest BCUT2D eigenvalue weighted by atomic mass is 32.1. The van der Waals surface area contributed by atoms with Crippen LogP contribution in [0.2, 0.25) is 0 Å². The first kappa shape index (κ1) is 18.7. The van der Waals surface area contributed by atoms with Crippen LogP contribution >= 0.6 is 11.3 Å². The Morgan fingerprint density at radius 2 is 1.96 bits per heavy atom. The number of fused-ring (bicyclic) bond motifs is 1. The number of ether oxygens (including phenoxy) is 3. The third-order valence-corrected chi connectivity index (χ3v) is 5.22. The minimum atomic E-state index is -0.477. The van der Waals surface area contributed by atoms with E-state index in [1.807, 2.05) is 12.1 Å². The summed E-state index contributed by atoms with van der Waals surface area (Å²) in [5.74, 6) is 1.22. The first-order chi connectivity index (χ1) is 13.0. The lowest BCUT2D eigenvalue weighted by Crippen LogP contribution is -2.09. The summed E-state index contributed by atoms with van der Waals surface area (Å²) >= 11 is 1.14. The molecule has 8 heteroatoms. The van der Waals surface area contributed by atoms with Gasteiger partial charge in [0.2, 0.25) is 0 Å². The number of aromatic nitrogens is 2. The molecule has 3 aromatic rings. The molecule has 1 aromatic carbocycles. The number of carbonyl (C=O) groups is 1. The Balaban J connectivity index is 2.02. The summed E-state index contributed by atoms with van der Waals surface area (Å²) in [6.45, 7) is 1.71. The van der Waals surface area contributed by atoms with Gasteiger partial charge in [0.15, 0.2) is 0 Å². The van der Waals surface area contributed by atoms with E-state index in [0.717, 1.165) is 16.9 Å². The number of esters is 1. The van der Waals surface area contributed by atoms with Crippen LogP contribution in [0.5, 0.6) is 11.5 Å². The Kier molecular flexibility index (Phi) is 5.27. The summed E-state index contributed by atoms with van der Waals surface area (Å²) in [5.41, 5.74) is 1.08. The van der Waals surface area contributed by atoms with E-state index in [-0.39, 0.29) is 5.56 Å². The molecule has 0 saturated heterocycles. The second-order valence-electron chi connectivity index (χ2n) is 5.62. The van der Waals surface area contributed by atoms with Crippen LogP contribution in [0.3, 0.4) is 0 Å². The van der Waals surface area contributed by atoms with Crippen LogP contribution in [0.25, 0.3) is 22.4 Å². The van der Waals surface area contributed by atoms with Gasteiger partial charge in [0.1, 0.15) is 27.0 Å². The first-order valence-electron chi connectivity index (χ1n) is 8.00. The molecule has 0 amide bonds. The second kappa shape index (κ2) is 7.63. The molecule has 0 bridgehead atoms. The van der Waals surface area contributed by atoms with Crippen molar-refractivity contribution in [1.29, 1.82) is 0 Å². The topological polar surface area (TPSA) is 90.5 Å². The number of nitrogens with zero attached hydrogens (tertiary/aromatic N) is 1. The second-order valence-corrected chi connectivity index (χ2v) is 6.62. The number of benzene rings is 1. The van der Waals surface area contributed by atoms with E-state index < -0.39 is 5.97 Å². The van der Waals surface area contributed by atoms with Gasteiger partial charge in [-0.1, -0.05) is 0 Å². The van der Waals surface area contributed by atoms with Crippen LogP contribution in [0.4, 0.5) is 0 Å². The van der Waals surface area contributed by atoms with E-state index in [4.69, 9.17) is 14.2 Å². The Hall–Kier alpha value is -3.13. The lowest BCUT2D eigenvalue weighted by molar-refractivity contribution is 0.0605. The summed E-state index contributed by atoms with van der Waals surface area (Å²) in [4.78, 5) is 32.3. The normalized spacial score (nSPS) is 11.1. The minimum Gasteiger partial charge on any atom is -0.497 e. The molecule has 0 saturated carbocycles. The van der Waals surface area contributed by atoms with Crippen molar-refractivity contribution in [3.8, 4) is 11.5 Å². The van der Waals surface area contributed by atoms with Gasteiger partial charge < -0.3 is 19.2 Å². The summed E-state index contributed by atoms with van der Waals surface area (Å²) in [5, 5.41) is 0.402. The molecule has 7 nitrogen and oxygen atoms in total. The molecule has 0 atom stereocenters. The van der Waals surface area contributed by atoms with Gasteiger partial charge >= 0.3 is 5.97 Å². The van der Waals surface area contributed by atoms with Crippen molar-refractivity contribution in [3.63, 3.8) is 0 Å². The molecule has 0 radical (unpaired) electrons. The smallest absolute Gasteiger partial charge is 0.348 e. The van der Waals surface area contributed by atoms with Gasteiger partial charge in [-0.2, -0.15) is 0 Å². The summed E-state index contributed by atoms with van der Waals surface area (Å²) < 4.78 is 15.3. The summed E-state index contributed by atoms with van der Waals surface area (Å²) in [7, 11) is 4.46. The zero-order valence-corrected chi connectivity index (χ0v) is 16.1. The van der Waals surface area contributed by atoms with Crippen LogP contribution in [0.1, 0.15) is 26.6 Å². The molecular weight excluding hydrogens is 368 g/mol. The average Bonchev–Trinajstić information content (AvgIpc) is 3.02. The van der Waals surface area contributed by atoms with Crippen molar-refractivity contribution >= 4 is 39.7 Å². The van der Waals surface area contributed by atoms with Crippen molar-refractivity contribution in [3.05, 3.63) is 50.4 Å². The average molecular weight is 386 g/mol. The molecule has 0 fully saturated rings. The number of rotatable bonds is 5. The first-order valence-corrected chi connectivity index (χ1v) is 8.82. The number of aryl methyl sites for hydroxylation is 1. The number of carbonyl (C=O) groups excluding carboxylic acids is 1. The molecule has 2 heterocycles. The van der Waals surface area contributed by atoms with Gasteiger partial charge in [-0.3, -0.25) is 4.79 Å². The molecule has 0 unspecified atom stereocenters. The monoisotopic (exact) mass is 386 g/mol. The minimum absolute atomic E-state index is 0.301. The standard InChI is InChI=1S/C19H18N2O5S/c1-10-15-17(22)20-14(21-18(15)27-16(10)19(23)26-4)8-6-11-5-7-12(24-2)9-13(11)25-3/h5-9H,1-4H3,(H,20,21,22)/b8-6+. The molecule has 140 valence electrons. The lowest BCUT2D eigenvalue weighted by atomic mass is 10.1. The van der Waals surface area contributed by atoms with Gasteiger partial charge in [-0.15, -0.1) is 11.3 Å². The van der Waals surface area contributed by atoms with Gasteiger partial charge in [-0.25, -0.2) is 9.78 Å². The van der Waals surface area contributed by atoms with Gasteiger partial charge in [0, 0.05) is 11.6 Å². The fraction of sp³-hybridized carbons (Fsp3) is 0.211. The Morgan fingerprint density at radius 3 is 2.63 bits per heavy atom. The van der Waals surface area contributed by atoms with Gasteiger partial charge in [-0.05, 0) is 36.8 Å². The fourth-order valence-electron chi connectivity index (χ4n) is 2.65. The molecule has 0 spiro atoms. The number of thiophene rings is 1. The third kappa shape index (κ3) is 3.56. The molecular formula is C19H18N2O5S. The largest absolute Gasteiger partial charge is 0.497 e. The number of methoxy groups -OCH3 is 3. The van der Waals surface area contributed by atoms with Crippen molar-refractivity contribution < 1.29 is 19.0 Å². The maximum atomic E-state index is 12.4. The Morgan fingerprint density at radius 1 is 1.19 bits per heavy atom. The highest BCUT2D eigenvalue weighted by Crippen LogP contribution is 2.28. The number of hydrogen-bond donors (Lipinski definition) is 1. The number of aromatic amines is 1. The number of hydrogen-bond acceptors (Lipinski definition) is 7. The fourth-order valence-corrected chi connectivity index (χ4v) is 3.76. The lowest BCUT2D eigenvalue weighted by Gasteiger charge is -2.07. The molecule has 0 aliphatic heterocycles. The van der Waals surface area contributed by atoms with Crippen LogP contribution in [0, 0.1) is 6.92 Å². The number of nitrogens with one attached hydrogen (secondary N) is 1. The van der Waals surface area contributed by atoms with Gasteiger partial charge in [0.05, 0.1) is 26.7 Å². The maximum absolute atomic E-state index is 12.4. The van der Waals surface area contributed by atoms with Crippen molar-refractivity contribution in [2.45, 2.75) is 6.92 Å². The van der Waals surface area contributed by atoms with Crippen LogP contribution in [-0.4, -0.2) is 37.3 Å². The predicted octanol–water partition coefficient (Wildman–Crippen LogP) is 3.27. The zero-order valence-electron chi connectivity index (χ0n) is 15.3. The molecule has 1 N–H and O–H groups in total. The van der Waals surface area contributed by atoms with E-state index in [0.29, 0.717) is 38.0 Å². The molecule has 0 aliphatic carbocycles. The van der Waals surface area contributed by atoms with Crippen molar-refractivity contribution in [2.75, 3.05) is 21.3 Å². The SMILES string of the molecule is COC(=O)c1sc2nc(/C=C/c3ccc(OC)cc3OC)[nH]c(=O)c2c1C. The van der Waals surface area contributed by atoms with E-state index in [1.165, 1.54) is 7.11 Å². The van der Waals surface area contributed by atoms with E-state index in [2.05, 4.69) is 9.97 Å². The van der Waals surface area contributed by atoms with E-state index >= 15 is 0 Å². The molecule has 3 rings (SSSR count). The Bertz CT molecular complexity index is 1100. The van der Waals surface area contributed by atoms with E-state index in [9.17, 15) is 9.59 Å². The third-order valence-electron chi connectivity index (χ3n) is 4.05. The van der Waals surface area contributed by atoms with Crippen LogP contribution < -0.4 is 15.0 Å². The quantitative estimate of drug-likeness (QED) is 0.677. The predicted molar refractivity (Wildman–Crippen MR) is 105 cm³/mol. The van der Waals surface area contributed by atoms with Crippen LogP contribution in [0.15, 0.2) is 23.0 Å². The highest BCUT2D eigenvalue weighted by molar-refractivity contribution is 7.20. The summed E-state index contributed by atoms with van der Waals surface area (Å²) in [6, 6.07) is 5.42. The zero-order chi connectivity index (χ0) is 19.6. The Labute approximate surface area is 159 Å². The van der Waals surface area contributed by atoms with E-state index in [1.54, 1.807) is 39.4 Å². The molecule has 2 aromatic heterocycles. The summed E-state index contributed by atoms with van der Waals surface area (Å²) in [6.07, 6.45) is 3.46. The van der Waals surface area contributed by atoms with Crippen molar-refractivity contribution in [2.24, 2.45) is 0 Å². The molecule has 27 heavy (non-hydrogen) atoms. The number of H-pyrrole nitrogens is 1. The maximum Gasteiger partial charge on any atom is 0.348 e. The highest BCUT2D eigenvalue weighted by Gasteiger charge is 2.19. The van der Waals surface area contributed by atoms with Crippen molar-refractivity contribution in [1.82, 2.24) is 9.97 Å². The van der Waals surface area contributed by atoms with Crippen LogP contribution in [-0.2, 0) is 4.74 Å². The molecule has 0 aliphatic rings. The van der Waals surface area contributed by atoms with Gasteiger partial charge in [0.25, 0.3) is 5.56 Å².